The molecule has 4 rings (SSSR count). The molecule has 2 atom stereocenters. The second-order valence-electron chi connectivity index (χ2n) is 11.6. The third-order valence-corrected chi connectivity index (χ3v) is 9.76. The number of aryl methyl sites for hydroxylation is 2. The lowest BCUT2D eigenvalue weighted by atomic mass is 10.0. The first-order valence-corrected chi connectivity index (χ1v) is 16.9. The molecule has 0 heterocycles. The van der Waals surface area contributed by atoms with Gasteiger partial charge in [0.2, 0.25) is 11.8 Å². The molecule has 4 aromatic rings. The minimum absolute atomic E-state index is 0.0633. The van der Waals surface area contributed by atoms with Crippen LogP contribution in [0.5, 0.6) is 5.75 Å². The third kappa shape index (κ3) is 8.75. The van der Waals surface area contributed by atoms with Crippen molar-refractivity contribution < 1.29 is 22.7 Å². The lowest BCUT2D eigenvalue weighted by molar-refractivity contribution is -0.140. The molecule has 0 aliphatic heterocycles. The average molecular weight is 642 g/mol. The number of hydrogen-bond acceptors (Lipinski definition) is 5. The number of amides is 2. The number of benzene rings is 4. The highest BCUT2D eigenvalue weighted by Crippen LogP contribution is 2.26. The zero-order valence-electron chi connectivity index (χ0n) is 27.1. The van der Waals surface area contributed by atoms with Gasteiger partial charge in [-0.25, -0.2) is 8.42 Å². The Bertz CT molecular complexity index is 1710. The Balaban J connectivity index is 1.81. The van der Waals surface area contributed by atoms with Crippen LogP contribution in [0.15, 0.2) is 108 Å². The van der Waals surface area contributed by atoms with Gasteiger partial charge < -0.3 is 15.0 Å². The van der Waals surface area contributed by atoms with E-state index in [1.807, 2.05) is 88.4 Å². The summed E-state index contributed by atoms with van der Waals surface area (Å²) in [4.78, 5) is 30.1. The highest BCUT2D eigenvalue weighted by Gasteiger charge is 2.35. The van der Waals surface area contributed by atoms with Gasteiger partial charge in [0.05, 0.1) is 17.7 Å². The zero-order chi connectivity index (χ0) is 33.3. The van der Waals surface area contributed by atoms with Crippen molar-refractivity contribution in [1.29, 1.82) is 0 Å². The predicted octanol–water partition coefficient (Wildman–Crippen LogP) is 6.06. The molecule has 2 amide bonds. The molecule has 0 aromatic heterocycles. The van der Waals surface area contributed by atoms with Crippen LogP contribution in [0.25, 0.3) is 0 Å². The summed E-state index contributed by atoms with van der Waals surface area (Å²) in [7, 11) is -2.59. The van der Waals surface area contributed by atoms with Crippen molar-refractivity contribution in [3.8, 4) is 5.75 Å². The van der Waals surface area contributed by atoms with E-state index in [0.29, 0.717) is 17.9 Å². The number of rotatable bonds is 14. The summed E-state index contributed by atoms with van der Waals surface area (Å²) in [6.07, 6.45) is 0.956. The van der Waals surface area contributed by atoms with Gasteiger partial charge in [0.25, 0.3) is 10.0 Å². The third-order valence-electron chi connectivity index (χ3n) is 7.97. The van der Waals surface area contributed by atoms with Gasteiger partial charge in [0, 0.05) is 19.0 Å². The summed E-state index contributed by atoms with van der Waals surface area (Å²) in [6.45, 7) is 7.24. The Morgan fingerprint density at radius 3 is 2.04 bits per heavy atom. The molecule has 0 radical (unpaired) electrons. The van der Waals surface area contributed by atoms with E-state index in [9.17, 15) is 18.0 Å². The van der Waals surface area contributed by atoms with Gasteiger partial charge in [0.1, 0.15) is 18.3 Å². The molecule has 0 saturated carbocycles. The number of hydrogen-bond donors (Lipinski definition) is 1. The number of nitrogens with zero attached hydrogens (tertiary/aromatic N) is 2. The number of anilines is 1. The number of methoxy groups -OCH3 is 1. The van der Waals surface area contributed by atoms with Crippen molar-refractivity contribution in [1.82, 2.24) is 10.2 Å². The van der Waals surface area contributed by atoms with Gasteiger partial charge in [-0.3, -0.25) is 13.9 Å². The summed E-state index contributed by atoms with van der Waals surface area (Å²) in [5.74, 6) is -0.214. The fraction of sp³-hybridized carbons (Fsp3) is 0.297. The largest absolute Gasteiger partial charge is 0.497 e. The van der Waals surface area contributed by atoms with Gasteiger partial charge in [-0.05, 0) is 74.7 Å². The number of carbonyl (C=O) groups excluding carboxylic acids is 2. The predicted molar refractivity (Wildman–Crippen MR) is 182 cm³/mol. The zero-order valence-corrected chi connectivity index (χ0v) is 28.0. The Morgan fingerprint density at radius 2 is 1.43 bits per heavy atom. The molecule has 0 spiro atoms. The smallest absolute Gasteiger partial charge is 0.264 e. The summed E-state index contributed by atoms with van der Waals surface area (Å²) >= 11 is 0. The van der Waals surface area contributed by atoms with Gasteiger partial charge in [-0.2, -0.15) is 0 Å². The van der Waals surface area contributed by atoms with E-state index in [4.69, 9.17) is 4.74 Å². The van der Waals surface area contributed by atoms with Crippen molar-refractivity contribution in [3.05, 3.63) is 125 Å². The van der Waals surface area contributed by atoms with E-state index in [1.54, 1.807) is 49.6 Å². The Hall–Kier alpha value is -4.63. The fourth-order valence-corrected chi connectivity index (χ4v) is 6.45. The molecule has 4 aromatic carbocycles. The maximum Gasteiger partial charge on any atom is 0.264 e. The number of carbonyl (C=O) groups is 2. The van der Waals surface area contributed by atoms with E-state index in [0.717, 1.165) is 26.6 Å². The second kappa shape index (κ2) is 15.6. The molecule has 0 aliphatic rings. The molecule has 9 heteroatoms. The Labute approximate surface area is 273 Å². The highest BCUT2D eigenvalue weighted by atomic mass is 32.2. The lowest BCUT2D eigenvalue weighted by Crippen LogP contribution is -2.54. The maximum atomic E-state index is 14.6. The van der Waals surface area contributed by atoms with Crippen LogP contribution in [0, 0.1) is 13.8 Å². The SMILES string of the molecule is CCC(C)NC(=O)C(Cc1ccccc1)N(Cc1cccc(OC)c1)C(=O)CN(c1ccc(C)cc1)S(=O)(=O)c1ccc(C)cc1. The van der Waals surface area contributed by atoms with E-state index < -0.39 is 28.5 Å². The summed E-state index contributed by atoms with van der Waals surface area (Å²) in [5.41, 5.74) is 3.83. The summed E-state index contributed by atoms with van der Waals surface area (Å²) in [5, 5.41) is 3.06. The molecule has 0 fully saturated rings. The molecule has 242 valence electrons. The van der Waals surface area contributed by atoms with E-state index in [1.165, 1.54) is 4.90 Å². The lowest BCUT2D eigenvalue weighted by Gasteiger charge is -2.34. The molecule has 1 N–H and O–H groups in total. The van der Waals surface area contributed by atoms with Crippen LogP contribution in [-0.2, 0) is 32.6 Å². The Morgan fingerprint density at radius 1 is 0.826 bits per heavy atom. The van der Waals surface area contributed by atoms with Crippen LogP contribution in [0.4, 0.5) is 5.69 Å². The minimum atomic E-state index is -4.16. The maximum absolute atomic E-state index is 14.6. The summed E-state index contributed by atoms with van der Waals surface area (Å²) < 4.78 is 34.9. The van der Waals surface area contributed by atoms with Gasteiger partial charge in [-0.15, -0.1) is 0 Å². The standard InChI is InChI=1S/C37H43N3O5S/c1-6-29(4)38-37(42)35(24-30-11-8-7-9-12-30)39(25-31-13-10-14-33(23-31)45-5)36(41)26-40(32-19-15-27(2)16-20-32)46(43,44)34-21-17-28(3)18-22-34/h7-23,29,35H,6,24-26H2,1-5H3,(H,38,42). The summed E-state index contributed by atoms with van der Waals surface area (Å²) in [6, 6.07) is 29.3. The monoisotopic (exact) mass is 641 g/mol. The number of sulfonamides is 1. The molecule has 46 heavy (non-hydrogen) atoms. The molecule has 0 bridgehead atoms. The van der Waals surface area contributed by atoms with Crippen LogP contribution in [0.3, 0.4) is 0 Å². The minimum Gasteiger partial charge on any atom is -0.497 e. The molecular formula is C37H43N3O5S. The first kappa shape index (κ1) is 34.2. The molecule has 8 nitrogen and oxygen atoms in total. The first-order chi connectivity index (χ1) is 22.0. The van der Waals surface area contributed by atoms with Crippen molar-refractivity contribution >= 4 is 27.5 Å². The van der Waals surface area contributed by atoms with Crippen LogP contribution in [-0.4, -0.2) is 50.9 Å². The fourth-order valence-electron chi connectivity index (χ4n) is 5.04. The van der Waals surface area contributed by atoms with Crippen LogP contribution < -0.4 is 14.4 Å². The average Bonchev–Trinajstić information content (AvgIpc) is 3.06. The quantitative estimate of drug-likeness (QED) is 0.181. The van der Waals surface area contributed by atoms with Crippen LogP contribution in [0.1, 0.15) is 42.5 Å². The van der Waals surface area contributed by atoms with Crippen molar-refractivity contribution in [2.45, 2.75) is 64.1 Å². The van der Waals surface area contributed by atoms with Gasteiger partial charge in [-0.1, -0.05) is 84.8 Å². The van der Waals surface area contributed by atoms with E-state index in [2.05, 4.69) is 5.32 Å². The van der Waals surface area contributed by atoms with Crippen LogP contribution in [0.2, 0.25) is 0 Å². The van der Waals surface area contributed by atoms with Crippen molar-refractivity contribution in [2.24, 2.45) is 0 Å². The molecule has 2 unspecified atom stereocenters. The van der Waals surface area contributed by atoms with Gasteiger partial charge >= 0.3 is 0 Å². The number of ether oxygens (including phenoxy) is 1. The molecular weight excluding hydrogens is 598 g/mol. The first-order valence-electron chi connectivity index (χ1n) is 15.4. The van der Waals surface area contributed by atoms with Gasteiger partial charge in [0.15, 0.2) is 0 Å². The van der Waals surface area contributed by atoms with Crippen molar-refractivity contribution in [3.63, 3.8) is 0 Å². The highest BCUT2D eigenvalue weighted by molar-refractivity contribution is 7.92. The van der Waals surface area contributed by atoms with E-state index >= 15 is 0 Å². The molecule has 0 saturated heterocycles. The normalized spacial score (nSPS) is 12.5. The van der Waals surface area contributed by atoms with E-state index in [-0.39, 0.29) is 29.8 Å². The number of nitrogens with one attached hydrogen (secondary N) is 1. The topological polar surface area (TPSA) is 96.0 Å². The van der Waals surface area contributed by atoms with Crippen LogP contribution >= 0.6 is 0 Å². The van der Waals surface area contributed by atoms with Crippen molar-refractivity contribution in [2.75, 3.05) is 18.0 Å². The Kier molecular flexibility index (Phi) is 11.6. The second-order valence-corrected chi connectivity index (χ2v) is 13.4. The molecule has 0 aliphatic carbocycles.